The molecule has 0 amide bonds. The summed E-state index contributed by atoms with van der Waals surface area (Å²) in [5, 5.41) is 1.39. The minimum Gasteiger partial charge on any atom is -0.420 e. The normalized spacial score (nSPS) is 11.4. The van der Waals surface area contributed by atoms with E-state index in [0.717, 1.165) is 29.6 Å². The van der Waals surface area contributed by atoms with Gasteiger partial charge in [0.1, 0.15) is 0 Å². The second kappa shape index (κ2) is 4.88. The molecule has 2 heterocycles. The van der Waals surface area contributed by atoms with Gasteiger partial charge in [0.05, 0.1) is 16.5 Å². The summed E-state index contributed by atoms with van der Waals surface area (Å²) in [5.74, 6) is -0.0780. The van der Waals surface area contributed by atoms with E-state index in [-0.39, 0.29) is 5.78 Å². The molecule has 21 heavy (non-hydrogen) atoms. The highest BCUT2D eigenvalue weighted by atomic mass is 16.4. The van der Waals surface area contributed by atoms with Gasteiger partial charge >= 0.3 is 5.63 Å². The van der Waals surface area contributed by atoms with Gasteiger partial charge < -0.3 is 8.98 Å². The lowest BCUT2D eigenvalue weighted by Crippen LogP contribution is -2.03. The highest BCUT2D eigenvalue weighted by Gasteiger charge is 2.22. The van der Waals surface area contributed by atoms with Gasteiger partial charge in [-0.05, 0) is 26.3 Å². The number of hydrogen-bond acceptors (Lipinski definition) is 3. The second-order valence-electron chi connectivity index (χ2n) is 5.28. The van der Waals surface area contributed by atoms with Crippen molar-refractivity contribution in [2.24, 2.45) is 0 Å². The third kappa shape index (κ3) is 1.90. The van der Waals surface area contributed by atoms with Crippen LogP contribution in [0.15, 0.2) is 33.5 Å². The average Bonchev–Trinajstić information content (AvgIpc) is 2.72. The minimum atomic E-state index is -0.394. The van der Waals surface area contributed by atoms with Crippen molar-refractivity contribution in [1.29, 1.82) is 0 Å². The van der Waals surface area contributed by atoms with Crippen molar-refractivity contribution in [3.63, 3.8) is 0 Å². The predicted molar refractivity (Wildman–Crippen MR) is 83.0 cm³/mol. The third-order valence-electron chi connectivity index (χ3n) is 3.87. The van der Waals surface area contributed by atoms with Crippen LogP contribution in [0, 0.1) is 6.92 Å². The first-order chi connectivity index (χ1) is 10.1. The molecule has 4 heteroatoms. The maximum atomic E-state index is 12.2. The number of fused-ring (bicyclic) bond motifs is 3. The van der Waals surface area contributed by atoms with Gasteiger partial charge in [0.25, 0.3) is 0 Å². The summed E-state index contributed by atoms with van der Waals surface area (Å²) in [7, 11) is 0. The molecule has 0 fully saturated rings. The lowest BCUT2D eigenvalue weighted by Gasteiger charge is -2.07. The van der Waals surface area contributed by atoms with Crippen LogP contribution in [0.4, 0.5) is 0 Å². The fourth-order valence-electron chi connectivity index (χ4n) is 3.01. The van der Waals surface area contributed by atoms with Gasteiger partial charge in [-0.25, -0.2) is 4.79 Å². The van der Waals surface area contributed by atoms with E-state index in [1.165, 1.54) is 6.92 Å². The van der Waals surface area contributed by atoms with Crippen molar-refractivity contribution < 1.29 is 9.21 Å². The lowest BCUT2D eigenvalue weighted by molar-refractivity contribution is 0.101. The molecular weight excluding hydrogens is 266 g/mol. The number of hydrogen-bond donors (Lipinski definition) is 0. The van der Waals surface area contributed by atoms with Crippen molar-refractivity contribution in [3.8, 4) is 0 Å². The topological polar surface area (TPSA) is 52.2 Å². The first-order valence-corrected chi connectivity index (χ1v) is 7.11. The Kier molecular flexibility index (Phi) is 3.16. The standard InChI is InChI=1S/C17H17NO3/c1-4-9-18-10(2)14(11(3)19)16-15(18)12-7-5-6-8-13(12)17(20)21-16/h5-8H,4,9H2,1-3H3. The van der Waals surface area contributed by atoms with Crippen LogP contribution in [0.2, 0.25) is 0 Å². The Morgan fingerprint density at radius 1 is 1.24 bits per heavy atom. The second-order valence-corrected chi connectivity index (χ2v) is 5.28. The van der Waals surface area contributed by atoms with E-state index < -0.39 is 5.63 Å². The molecule has 0 N–H and O–H groups in total. The van der Waals surface area contributed by atoms with Crippen molar-refractivity contribution in [2.75, 3.05) is 0 Å². The Morgan fingerprint density at radius 2 is 1.90 bits per heavy atom. The number of Topliss-reactive ketones (excluding diaryl/α,β-unsaturated/α-hetero) is 1. The van der Waals surface area contributed by atoms with Crippen molar-refractivity contribution >= 4 is 27.7 Å². The number of nitrogens with zero attached hydrogens (tertiary/aromatic N) is 1. The molecule has 3 aromatic rings. The van der Waals surface area contributed by atoms with Crippen molar-refractivity contribution in [2.45, 2.75) is 33.7 Å². The Morgan fingerprint density at radius 3 is 2.52 bits per heavy atom. The summed E-state index contributed by atoms with van der Waals surface area (Å²) in [6.45, 7) is 6.28. The summed E-state index contributed by atoms with van der Waals surface area (Å²) >= 11 is 0. The Bertz CT molecular complexity index is 915. The molecule has 4 nitrogen and oxygen atoms in total. The maximum absolute atomic E-state index is 12.2. The molecule has 0 aliphatic heterocycles. The zero-order chi connectivity index (χ0) is 15.1. The van der Waals surface area contributed by atoms with Gasteiger partial charge in [-0.3, -0.25) is 4.79 Å². The summed E-state index contributed by atoms with van der Waals surface area (Å²) in [6, 6.07) is 7.38. The summed E-state index contributed by atoms with van der Waals surface area (Å²) < 4.78 is 7.56. The molecule has 2 aromatic heterocycles. The molecule has 0 bridgehead atoms. The fraction of sp³-hybridized carbons (Fsp3) is 0.294. The highest BCUT2D eigenvalue weighted by Crippen LogP contribution is 2.31. The average molecular weight is 283 g/mol. The van der Waals surface area contributed by atoms with Gasteiger partial charge in [0, 0.05) is 17.6 Å². The predicted octanol–water partition coefficient (Wildman–Crippen LogP) is 3.67. The van der Waals surface area contributed by atoms with Crippen LogP contribution in [0.5, 0.6) is 0 Å². The number of carbonyl (C=O) groups excluding carboxylic acids is 1. The molecule has 3 rings (SSSR count). The van der Waals surface area contributed by atoms with Crippen molar-refractivity contribution in [3.05, 3.63) is 45.9 Å². The van der Waals surface area contributed by atoms with Crippen LogP contribution in [0.1, 0.15) is 36.3 Å². The molecule has 0 saturated carbocycles. The van der Waals surface area contributed by atoms with E-state index >= 15 is 0 Å². The Labute approximate surface area is 122 Å². The molecular formula is C17H17NO3. The highest BCUT2D eigenvalue weighted by molar-refractivity contribution is 6.12. The van der Waals surface area contributed by atoms with Crippen LogP contribution >= 0.6 is 0 Å². The SMILES string of the molecule is CCCn1c(C)c(C(C)=O)c2oc(=O)c3ccccc3c21. The van der Waals surface area contributed by atoms with E-state index in [9.17, 15) is 9.59 Å². The van der Waals surface area contributed by atoms with Gasteiger partial charge in [0.15, 0.2) is 11.4 Å². The molecule has 1 aromatic carbocycles. The fourth-order valence-corrected chi connectivity index (χ4v) is 3.01. The van der Waals surface area contributed by atoms with Crippen LogP contribution in [-0.2, 0) is 6.54 Å². The van der Waals surface area contributed by atoms with E-state index in [2.05, 4.69) is 11.5 Å². The first kappa shape index (κ1) is 13.6. The van der Waals surface area contributed by atoms with Crippen LogP contribution in [-0.4, -0.2) is 10.4 Å². The number of aryl methyl sites for hydroxylation is 1. The lowest BCUT2D eigenvalue weighted by atomic mass is 10.1. The molecule has 0 aliphatic rings. The van der Waals surface area contributed by atoms with Gasteiger partial charge in [-0.2, -0.15) is 0 Å². The van der Waals surface area contributed by atoms with Crippen LogP contribution in [0.3, 0.4) is 0 Å². The summed E-state index contributed by atoms with van der Waals surface area (Å²) in [4.78, 5) is 24.1. The number of aromatic nitrogens is 1. The van der Waals surface area contributed by atoms with E-state index in [1.807, 2.05) is 25.1 Å². The minimum absolute atomic E-state index is 0.0780. The number of ketones is 1. The molecule has 0 aliphatic carbocycles. The smallest absolute Gasteiger partial charge is 0.344 e. The van der Waals surface area contributed by atoms with Gasteiger partial charge in [-0.1, -0.05) is 25.1 Å². The first-order valence-electron chi connectivity index (χ1n) is 7.11. The number of rotatable bonds is 3. The summed E-state index contributed by atoms with van der Waals surface area (Å²) in [6.07, 6.45) is 0.940. The molecule has 0 unspecified atom stereocenters. The molecule has 0 atom stereocenters. The van der Waals surface area contributed by atoms with Crippen LogP contribution in [0.25, 0.3) is 21.9 Å². The monoisotopic (exact) mass is 283 g/mol. The quantitative estimate of drug-likeness (QED) is 0.689. The number of benzene rings is 1. The van der Waals surface area contributed by atoms with Gasteiger partial charge in [-0.15, -0.1) is 0 Å². The zero-order valence-corrected chi connectivity index (χ0v) is 12.4. The van der Waals surface area contributed by atoms with E-state index in [1.54, 1.807) is 6.07 Å². The van der Waals surface area contributed by atoms with Crippen LogP contribution < -0.4 is 5.63 Å². The molecule has 108 valence electrons. The molecule has 0 saturated heterocycles. The van der Waals surface area contributed by atoms with E-state index in [0.29, 0.717) is 16.5 Å². The molecule has 0 radical (unpaired) electrons. The zero-order valence-electron chi connectivity index (χ0n) is 12.4. The molecule has 0 spiro atoms. The Balaban J connectivity index is 2.61. The largest absolute Gasteiger partial charge is 0.420 e. The number of carbonyl (C=O) groups is 1. The summed E-state index contributed by atoms with van der Waals surface area (Å²) in [5.41, 5.74) is 2.24. The third-order valence-corrected chi connectivity index (χ3v) is 3.87. The van der Waals surface area contributed by atoms with Gasteiger partial charge in [0.2, 0.25) is 0 Å². The maximum Gasteiger partial charge on any atom is 0.344 e. The van der Waals surface area contributed by atoms with Crippen molar-refractivity contribution in [1.82, 2.24) is 4.57 Å². The Hall–Kier alpha value is -2.36. The van der Waals surface area contributed by atoms with E-state index in [4.69, 9.17) is 4.42 Å².